The normalized spacial score (nSPS) is 21.1. The average molecular weight is 339 g/mol. The summed E-state index contributed by atoms with van der Waals surface area (Å²) in [5.41, 5.74) is 1.23. The first kappa shape index (κ1) is 21.2. The van der Waals surface area contributed by atoms with Gasteiger partial charge < -0.3 is 9.84 Å². The lowest BCUT2D eigenvalue weighted by molar-refractivity contribution is -0.187. The summed E-state index contributed by atoms with van der Waals surface area (Å²) in [5.74, 6) is -0.148. The molecular formula is C21H38O3. The lowest BCUT2D eigenvalue weighted by Crippen LogP contribution is -2.46. The Balaban J connectivity index is 2.02. The molecule has 1 saturated heterocycles. The largest absolute Gasteiger partial charge is 0.461 e. The number of aliphatic hydroxyl groups is 1. The van der Waals surface area contributed by atoms with E-state index in [-0.39, 0.29) is 24.1 Å². The van der Waals surface area contributed by atoms with Gasteiger partial charge in [-0.25, -0.2) is 0 Å². The van der Waals surface area contributed by atoms with Crippen LogP contribution in [0.15, 0.2) is 11.6 Å². The van der Waals surface area contributed by atoms with E-state index < -0.39 is 0 Å². The number of cyclic esters (lactones) is 1. The van der Waals surface area contributed by atoms with Gasteiger partial charge in [-0.2, -0.15) is 0 Å². The van der Waals surface area contributed by atoms with Crippen LogP contribution in [-0.2, 0) is 9.53 Å². The Morgan fingerprint density at radius 2 is 1.67 bits per heavy atom. The smallest absolute Gasteiger partial charge is 0.313 e. The third-order valence-corrected chi connectivity index (χ3v) is 4.94. The SMILES string of the molecule is CCCCCCCCCCC[C@H](O)C[C@@H]1OC(=O)[C@H]1CC=C(C)C. The maximum Gasteiger partial charge on any atom is 0.313 e. The van der Waals surface area contributed by atoms with Crippen LogP contribution in [0.4, 0.5) is 0 Å². The molecule has 3 nitrogen and oxygen atoms in total. The number of ether oxygens (including phenoxy) is 1. The molecule has 3 heteroatoms. The molecular weight excluding hydrogens is 300 g/mol. The van der Waals surface area contributed by atoms with Gasteiger partial charge in [0.05, 0.1) is 12.0 Å². The molecule has 1 aliphatic rings. The second kappa shape index (κ2) is 12.5. The highest BCUT2D eigenvalue weighted by Gasteiger charge is 2.42. The molecule has 3 atom stereocenters. The Kier molecular flexibility index (Phi) is 11.1. The number of hydrogen-bond acceptors (Lipinski definition) is 3. The molecule has 0 radical (unpaired) electrons. The van der Waals surface area contributed by atoms with Gasteiger partial charge in [0.15, 0.2) is 0 Å². The van der Waals surface area contributed by atoms with Crippen molar-refractivity contribution < 1.29 is 14.6 Å². The number of aliphatic hydroxyl groups excluding tert-OH is 1. The van der Waals surface area contributed by atoms with Crippen molar-refractivity contribution in [2.24, 2.45) is 5.92 Å². The van der Waals surface area contributed by atoms with Crippen LogP contribution in [0.25, 0.3) is 0 Å². The van der Waals surface area contributed by atoms with Crippen LogP contribution in [0, 0.1) is 5.92 Å². The number of carbonyl (C=O) groups is 1. The highest BCUT2D eigenvalue weighted by atomic mass is 16.6. The van der Waals surface area contributed by atoms with Crippen molar-refractivity contribution >= 4 is 5.97 Å². The zero-order valence-corrected chi connectivity index (χ0v) is 16.1. The number of allylic oxidation sites excluding steroid dienone is 2. The molecule has 0 amide bonds. The Hall–Kier alpha value is -0.830. The summed E-state index contributed by atoms with van der Waals surface area (Å²) in [6, 6.07) is 0. The van der Waals surface area contributed by atoms with Crippen molar-refractivity contribution in [2.75, 3.05) is 0 Å². The van der Waals surface area contributed by atoms with Crippen LogP contribution >= 0.6 is 0 Å². The average Bonchev–Trinajstić information content (AvgIpc) is 2.52. The van der Waals surface area contributed by atoms with E-state index in [9.17, 15) is 9.90 Å². The standard InChI is InChI=1S/C21H38O3/c1-4-5-6-7-8-9-10-11-12-13-18(22)16-20-19(21(23)24-20)15-14-17(2)3/h14,18-20,22H,4-13,15-16H2,1-3H3/t18-,19-,20-/m0/s1. The maximum absolute atomic E-state index is 11.5. The molecule has 0 aromatic heterocycles. The van der Waals surface area contributed by atoms with Crippen LogP contribution in [0.1, 0.15) is 97.8 Å². The highest BCUT2D eigenvalue weighted by molar-refractivity contribution is 5.78. The third kappa shape index (κ3) is 8.86. The fraction of sp³-hybridized carbons (Fsp3) is 0.857. The van der Waals surface area contributed by atoms with Crippen LogP contribution in [0.3, 0.4) is 0 Å². The van der Waals surface area contributed by atoms with Crippen molar-refractivity contribution in [3.8, 4) is 0 Å². The Bertz CT molecular complexity index is 371. The molecule has 24 heavy (non-hydrogen) atoms. The molecule has 0 bridgehead atoms. The molecule has 1 N–H and O–H groups in total. The molecule has 0 spiro atoms. The van der Waals surface area contributed by atoms with E-state index in [1.54, 1.807) is 0 Å². The van der Waals surface area contributed by atoms with Crippen molar-refractivity contribution in [1.82, 2.24) is 0 Å². The minimum absolute atomic E-state index is 0.0438. The van der Waals surface area contributed by atoms with Crippen LogP contribution in [0.5, 0.6) is 0 Å². The predicted octanol–water partition coefficient (Wildman–Crippen LogP) is 5.56. The summed E-state index contributed by atoms with van der Waals surface area (Å²) in [5, 5.41) is 10.2. The Morgan fingerprint density at radius 1 is 1.08 bits per heavy atom. The number of hydrogen-bond donors (Lipinski definition) is 1. The summed E-state index contributed by atoms with van der Waals surface area (Å²) in [4.78, 5) is 11.5. The molecule has 1 fully saturated rings. The summed E-state index contributed by atoms with van der Waals surface area (Å²) < 4.78 is 5.22. The Labute approximate surface area is 148 Å². The Morgan fingerprint density at radius 3 is 2.21 bits per heavy atom. The molecule has 1 rings (SSSR count). The first-order valence-electron chi connectivity index (χ1n) is 10.1. The van der Waals surface area contributed by atoms with Gasteiger partial charge >= 0.3 is 5.97 Å². The van der Waals surface area contributed by atoms with E-state index in [4.69, 9.17) is 4.74 Å². The zero-order valence-electron chi connectivity index (χ0n) is 16.1. The fourth-order valence-corrected chi connectivity index (χ4v) is 3.30. The molecule has 140 valence electrons. The first-order valence-corrected chi connectivity index (χ1v) is 10.1. The van der Waals surface area contributed by atoms with Gasteiger partial charge in [0.2, 0.25) is 0 Å². The van der Waals surface area contributed by atoms with Gasteiger partial charge in [0.25, 0.3) is 0 Å². The predicted molar refractivity (Wildman–Crippen MR) is 99.9 cm³/mol. The van der Waals surface area contributed by atoms with Gasteiger partial charge in [-0.15, -0.1) is 0 Å². The molecule has 0 aromatic rings. The number of carbonyl (C=O) groups excluding carboxylic acids is 1. The molecule has 0 unspecified atom stereocenters. The number of esters is 1. The van der Waals surface area contributed by atoms with Gasteiger partial charge in [-0.3, -0.25) is 4.79 Å². The fourth-order valence-electron chi connectivity index (χ4n) is 3.30. The molecule has 1 aliphatic heterocycles. The van der Waals surface area contributed by atoms with Crippen molar-refractivity contribution in [3.63, 3.8) is 0 Å². The van der Waals surface area contributed by atoms with E-state index >= 15 is 0 Å². The maximum atomic E-state index is 11.5. The zero-order chi connectivity index (χ0) is 17.8. The molecule has 0 aromatic carbocycles. The van der Waals surface area contributed by atoms with Crippen LogP contribution in [-0.4, -0.2) is 23.3 Å². The monoisotopic (exact) mass is 338 g/mol. The van der Waals surface area contributed by atoms with Gasteiger partial charge in [0, 0.05) is 6.42 Å². The molecule has 1 heterocycles. The summed E-state index contributed by atoms with van der Waals surface area (Å²) in [7, 11) is 0. The quantitative estimate of drug-likeness (QED) is 0.256. The van der Waals surface area contributed by atoms with Crippen molar-refractivity contribution in [3.05, 3.63) is 11.6 Å². The summed E-state index contributed by atoms with van der Waals surface area (Å²) >= 11 is 0. The van der Waals surface area contributed by atoms with Crippen LogP contribution in [0.2, 0.25) is 0 Å². The third-order valence-electron chi connectivity index (χ3n) is 4.94. The van der Waals surface area contributed by atoms with E-state index in [0.717, 1.165) is 19.3 Å². The number of rotatable bonds is 14. The van der Waals surface area contributed by atoms with Crippen LogP contribution < -0.4 is 0 Å². The second-order valence-corrected chi connectivity index (χ2v) is 7.61. The lowest BCUT2D eigenvalue weighted by Gasteiger charge is -2.36. The summed E-state index contributed by atoms with van der Waals surface area (Å²) in [6.45, 7) is 6.33. The minimum atomic E-state index is -0.332. The van der Waals surface area contributed by atoms with Gasteiger partial charge in [-0.1, -0.05) is 76.4 Å². The van der Waals surface area contributed by atoms with E-state index in [0.29, 0.717) is 6.42 Å². The summed E-state index contributed by atoms with van der Waals surface area (Å²) in [6.07, 6.45) is 15.5. The topological polar surface area (TPSA) is 46.5 Å². The van der Waals surface area contributed by atoms with E-state index in [2.05, 4.69) is 13.0 Å². The van der Waals surface area contributed by atoms with E-state index in [1.807, 2.05) is 13.8 Å². The molecule has 0 aliphatic carbocycles. The molecule has 0 saturated carbocycles. The number of unbranched alkanes of at least 4 members (excludes halogenated alkanes) is 8. The highest BCUT2D eigenvalue weighted by Crippen LogP contribution is 2.30. The minimum Gasteiger partial charge on any atom is -0.461 e. The van der Waals surface area contributed by atoms with Crippen molar-refractivity contribution in [2.45, 2.75) is 110 Å². The van der Waals surface area contributed by atoms with E-state index in [1.165, 1.54) is 56.9 Å². The van der Waals surface area contributed by atoms with Gasteiger partial charge in [0.1, 0.15) is 6.10 Å². The lowest BCUT2D eigenvalue weighted by atomic mass is 9.88. The van der Waals surface area contributed by atoms with Gasteiger partial charge in [-0.05, 0) is 26.7 Å². The second-order valence-electron chi connectivity index (χ2n) is 7.61. The van der Waals surface area contributed by atoms with Crippen molar-refractivity contribution in [1.29, 1.82) is 0 Å². The first-order chi connectivity index (χ1) is 11.5.